The van der Waals surface area contributed by atoms with Crippen LogP contribution in [0.4, 0.5) is 5.13 Å². The Hall–Kier alpha value is -1.01. The molecule has 0 fully saturated rings. The number of amides is 1. The van der Waals surface area contributed by atoms with E-state index in [-0.39, 0.29) is 11.8 Å². The van der Waals surface area contributed by atoms with Crippen LogP contribution in [0.25, 0.3) is 0 Å². The molecule has 0 spiro atoms. The Balaban J connectivity index is 2.44. The first-order valence-electron chi connectivity index (χ1n) is 6.37. The zero-order valence-electron chi connectivity index (χ0n) is 11.3. The van der Waals surface area contributed by atoms with Gasteiger partial charge in [-0.05, 0) is 31.2 Å². The largest absolute Gasteiger partial charge is 0.330 e. The van der Waals surface area contributed by atoms with Gasteiger partial charge in [0.15, 0.2) is 0 Å². The van der Waals surface area contributed by atoms with E-state index in [9.17, 15) is 4.79 Å². The predicted molar refractivity (Wildman–Crippen MR) is 74.5 cm³/mol. The molecule has 1 amide bonds. The molecule has 3 N–H and O–H groups in total. The van der Waals surface area contributed by atoms with Gasteiger partial charge < -0.3 is 11.1 Å². The van der Waals surface area contributed by atoms with Crippen LogP contribution in [0.2, 0.25) is 0 Å². The molecule has 0 aliphatic rings. The fraction of sp³-hybridized carbons (Fsp3) is 0.750. The summed E-state index contributed by atoms with van der Waals surface area (Å²) >= 11 is 1.42. The van der Waals surface area contributed by atoms with Gasteiger partial charge >= 0.3 is 0 Å². The monoisotopic (exact) mass is 270 g/mol. The zero-order valence-corrected chi connectivity index (χ0v) is 12.1. The van der Waals surface area contributed by atoms with E-state index in [1.807, 2.05) is 6.92 Å². The second-order valence-electron chi connectivity index (χ2n) is 4.84. The summed E-state index contributed by atoms with van der Waals surface area (Å²) in [6, 6.07) is 0. The number of aryl methyl sites for hydroxylation is 1. The minimum absolute atomic E-state index is 0.0232. The molecule has 0 aromatic carbocycles. The molecule has 102 valence electrons. The second-order valence-corrected chi connectivity index (χ2v) is 5.90. The molecule has 1 heterocycles. The van der Waals surface area contributed by atoms with Crippen LogP contribution in [-0.4, -0.2) is 22.6 Å². The molecule has 1 rings (SSSR count). The average Bonchev–Trinajstić information content (AvgIpc) is 2.75. The lowest BCUT2D eigenvalue weighted by atomic mass is 9.94. The van der Waals surface area contributed by atoms with Gasteiger partial charge in [0.25, 0.3) is 0 Å². The summed E-state index contributed by atoms with van der Waals surface area (Å²) in [6.07, 6.45) is 2.27. The number of carbonyl (C=O) groups excluding carboxylic acids is 1. The lowest BCUT2D eigenvalue weighted by Gasteiger charge is -2.15. The van der Waals surface area contributed by atoms with E-state index in [0.717, 1.165) is 17.8 Å². The number of anilines is 1. The summed E-state index contributed by atoms with van der Waals surface area (Å²) < 4.78 is 0. The summed E-state index contributed by atoms with van der Waals surface area (Å²) in [5.74, 6) is 0.771. The Morgan fingerprint density at radius 3 is 2.67 bits per heavy atom. The van der Waals surface area contributed by atoms with Crippen LogP contribution < -0.4 is 11.1 Å². The van der Waals surface area contributed by atoms with Gasteiger partial charge in [-0.3, -0.25) is 4.79 Å². The number of hydrogen-bond acceptors (Lipinski definition) is 5. The third-order valence-electron chi connectivity index (χ3n) is 2.63. The van der Waals surface area contributed by atoms with E-state index in [1.165, 1.54) is 11.3 Å². The summed E-state index contributed by atoms with van der Waals surface area (Å²) in [4.78, 5) is 11.8. The Kier molecular flexibility index (Phi) is 6.21. The predicted octanol–water partition coefficient (Wildman–Crippen LogP) is 2.05. The number of hydrogen-bond donors (Lipinski definition) is 2. The Bertz CT molecular complexity index is 378. The number of nitrogens with zero attached hydrogens (tertiary/aromatic N) is 2. The van der Waals surface area contributed by atoms with Gasteiger partial charge in [-0.25, -0.2) is 0 Å². The van der Waals surface area contributed by atoms with Gasteiger partial charge in [0, 0.05) is 6.42 Å². The number of carbonyl (C=O) groups is 1. The third-order valence-corrected chi connectivity index (χ3v) is 3.61. The SMILES string of the molecule is CCc1nnc(NC(=O)C[C@@H](CN)CC(C)C)s1. The molecule has 1 aromatic rings. The first kappa shape index (κ1) is 15.0. The maximum absolute atomic E-state index is 11.8. The number of rotatable bonds is 7. The first-order chi connectivity index (χ1) is 8.55. The van der Waals surface area contributed by atoms with Crippen molar-refractivity contribution in [3.63, 3.8) is 0 Å². The molecule has 0 radical (unpaired) electrons. The van der Waals surface area contributed by atoms with E-state index < -0.39 is 0 Å². The molecule has 1 aromatic heterocycles. The van der Waals surface area contributed by atoms with Crippen molar-refractivity contribution in [1.82, 2.24) is 10.2 Å². The van der Waals surface area contributed by atoms with E-state index in [2.05, 4.69) is 29.4 Å². The van der Waals surface area contributed by atoms with Crippen molar-refractivity contribution in [3.05, 3.63) is 5.01 Å². The van der Waals surface area contributed by atoms with Gasteiger partial charge in [0.2, 0.25) is 11.0 Å². The molecule has 6 heteroatoms. The molecular formula is C12H22N4OS. The molecule has 0 saturated heterocycles. The van der Waals surface area contributed by atoms with Crippen molar-refractivity contribution >= 4 is 22.4 Å². The Labute approximate surface area is 112 Å². The van der Waals surface area contributed by atoms with Gasteiger partial charge in [-0.2, -0.15) is 0 Å². The first-order valence-corrected chi connectivity index (χ1v) is 7.19. The van der Waals surface area contributed by atoms with Crippen LogP contribution in [-0.2, 0) is 11.2 Å². The van der Waals surface area contributed by atoms with E-state index in [0.29, 0.717) is 24.0 Å². The lowest BCUT2D eigenvalue weighted by molar-refractivity contribution is -0.117. The van der Waals surface area contributed by atoms with Gasteiger partial charge in [0.1, 0.15) is 5.01 Å². The van der Waals surface area contributed by atoms with Gasteiger partial charge in [0.05, 0.1) is 0 Å². The van der Waals surface area contributed by atoms with Crippen LogP contribution in [0, 0.1) is 11.8 Å². The molecule has 0 aliphatic heterocycles. The molecule has 0 unspecified atom stereocenters. The maximum atomic E-state index is 11.8. The summed E-state index contributed by atoms with van der Waals surface area (Å²) in [5.41, 5.74) is 5.68. The average molecular weight is 270 g/mol. The highest BCUT2D eigenvalue weighted by Gasteiger charge is 2.15. The van der Waals surface area contributed by atoms with Crippen LogP contribution in [0.3, 0.4) is 0 Å². The molecule has 5 nitrogen and oxygen atoms in total. The van der Waals surface area contributed by atoms with E-state index >= 15 is 0 Å². The Morgan fingerprint density at radius 2 is 2.17 bits per heavy atom. The quantitative estimate of drug-likeness (QED) is 0.794. The van der Waals surface area contributed by atoms with Crippen molar-refractivity contribution in [2.24, 2.45) is 17.6 Å². The summed E-state index contributed by atoms with van der Waals surface area (Å²) in [6.45, 7) is 6.83. The molecule has 1 atom stereocenters. The van der Waals surface area contributed by atoms with Gasteiger partial charge in [-0.1, -0.05) is 32.1 Å². The highest BCUT2D eigenvalue weighted by molar-refractivity contribution is 7.15. The van der Waals surface area contributed by atoms with Crippen molar-refractivity contribution in [2.75, 3.05) is 11.9 Å². The number of nitrogens with two attached hydrogens (primary N) is 1. The summed E-state index contributed by atoms with van der Waals surface area (Å²) in [7, 11) is 0. The van der Waals surface area contributed by atoms with Gasteiger partial charge in [-0.15, -0.1) is 10.2 Å². The highest BCUT2D eigenvalue weighted by Crippen LogP contribution is 2.18. The smallest absolute Gasteiger partial charge is 0.226 e. The number of nitrogens with one attached hydrogen (secondary N) is 1. The second kappa shape index (κ2) is 7.43. The third kappa shape index (κ3) is 5.10. The lowest BCUT2D eigenvalue weighted by Crippen LogP contribution is -2.23. The van der Waals surface area contributed by atoms with E-state index in [4.69, 9.17) is 5.73 Å². The topological polar surface area (TPSA) is 80.9 Å². The normalized spacial score (nSPS) is 12.7. The molecule has 18 heavy (non-hydrogen) atoms. The molecular weight excluding hydrogens is 248 g/mol. The van der Waals surface area contributed by atoms with Crippen LogP contribution in [0.5, 0.6) is 0 Å². The minimum atomic E-state index is -0.0232. The number of aromatic nitrogens is 2. The van der Waals surface area contributed by atoms with Crippen molar-refractivity contribution in [3.8, 4) is 0 Å². The minimum Gasteiger partial charge on any atom is -0.330 e. The van der Waals surface area contributed by atoms with Crippen LogP contribution in [0.15, 0.2) is 0 Å². The van der Waals surface area contributed by atoms with Crippen LogP contribution >= 0.6 is 11.3 Å². The fourth-order valence-electron chi connectivity index (χ4n) is 1.81. The van der Waals surface area contributed by atoms with Crippen molar-refractivity contribution in [1.29, 1.82) is 0 Å². The Morgan fingerprint density at radius 1 is 1.44 bits per heavy atom. The molecule has 0 bridgehead atoms. The maximum Gasteiger partial charge on any atom is 0.226 e. The van der Waals surface area contributed by atoms with E-state index in [1.54, 1.807) is 0 Å². The zero-order chi connectivity index (χ0) is 13.5. The van der Waals surface area contributed by atoms with Crippen LogP contribution in [0.1, 0.15) is 38.6 Å². The van der Waals surface area contributed by atoms with Crippen molar-refractivity contribution < 1.29 is 4.79 Å². The molecule has 0 aliphatic carbocycles. The fourth-order valence-corrected chi connectivity index (χ4v) is 2.50. The van der Waals surface area contributed by atoms with Crippen molar-refractivity contribution in [2.45, 2.75) is 40.0 Å². The molecule has 0 saturated carbocycles. The highest BCUT2D eigenvalue weighted by atomic mass is 32.1. The standard InChI is InChI=1S/C12H22N4OS/c1-4-11-15-16-12(18-11)14-10(17)6-9(7-13)5-8(2)3/h8-9H,4-7,13H2,1-3H3,(H,14,16,17)/t9-/m0/s1. The summed E-state index contributed by atoms with van der Waals surface area (Å²) in [5, 5.41) is 12.2.